The van der Waals surface area contributed by atoms with Crippen molar-refractivity contribution in [3.8, 4) is 0 Å². The molecule has 5 heteroatoms. The van der Waals surface area contributed by atoms with Crippen molar-refractivity contribution in [2.75, 3.05) is 20.7 Å². The topological polar surface area (TPSA) is 44.8 Å². The number of carbonyl (C=O) groups is 1. The van der Waals surface area contributed by atoms with Crippen LogP contribution in [0.15, 0.2) is 0 Å². The van der Waals surface area contributed by atoms with Crippen molar-refractivity contribution in [1.82, 2.24) is 0 Å². The molecule has 0 aliphatic heterocycles. The van der Waals surface area contributed by atoms with Crippen molar-refractivity contribution in [1.29, 1.82) is 0 Å². The Morgan fingerprint density at radius 1 is 1.56 bits per heavy atom. The first-order valence-electron chi connectivity index (χ1n) is 2.19. The summed E-state index contributed by atoms with van der Waals surface area (Å²) in [6.07, 6.45) is 0. The summed E-state index contributed by atoms with van der Waals surface area (Å²) in [6.45, 7) is -0.00275. The zero-order chi connectivity index (χ0) is 7.11. The molecule has 0 atom stereocenters. The normalized spacial score (nSPS) is 9.11. The van der Waals surface area contributed by atoms with Gasteiger partial charge in [-0.15, -0.1) is 0 Å². The number of methoxy groups -OCH3 is 1. The highest BCUT2D eigenvalue weighted by Gasteiger charge is 1.90. The summed E-state index contributed by atoms with van der Waals surface area (Å²) in [5.74, 6) is 0. The lowest BCUT2D eigenvalue weighted by Crippen LogP contribution is -2.03. The van der Waals surface area contributed by atoms with Crippen molar-refractivity contribution in [3.63, 3.8) is 0 Å². The van der Waals surface area contributed by atoms with Crippen LogP contribution in [0.4, 0.5) is 4.79 Å². The molecule has 0 aromatic heterocycles. The first kappa shape index (κ1) is 8.74. The number of rotatable bonds is 4. The van der Waals surface area contributed by atoms with E-state index >= 15 is 0 Å². The van der Waals surface area contributed by atoms with Gasteiger partial charge in [0.05, 0.1) is 0 Å². The van der Waals surface area contributed by atoms with Gasteiger partial charge in [-0.2, -0.15) is 0 Å². The van der Waals surface area contributed by atoms with E-state index in [1.807, 2.05) is 0 Å². The van der Waals surface area contributed by atoms with E-state index in [1.165, 1.54) is 7.11 Å². The summed E-state index contributed by atoms with van der Waals surface area (Å²) in [4.78, 5) is 9.93. The minimum absolute atomic E-state index is 0.112. The molecular formula is C4H8O4S. The molecule has 0 saturated heterocycles. The van der Waals surface area contributed by atoms with Crippen LogP contribution < -0.4 is 0 Å². The van der Waals surface area contributed by atoms with Crippen LogP contribution in [0.1, 0.15) is 0 Å². The first-order chi connectivity index (χ1) is 4.27. The molecule has 0 amide bonds. The summed E-state index contributed by atoms with van der Waals surface area (Å²) < 4.78 is 13.3. The van der Waals surface area contributed by atoms with Crippen molar-refractivity contribution in [2.45, 2.75) is 0 Å². The van der Waals surface area contributed by atoms with Crippen LogP contribution in [0.3, 0.4) is 0 Å². The van der Waals surface area contributed by atoms with E-state index in [-0.39, 0.29) is 13.6 Å². The molecule has 0 unspecified atom stereocenters. The average Bonchev–Trinajstić information content (AvgIpc) is 1.80. The lowest BCUT2D eigenvalue weighted by Gasteiger charge is -2.00. The molecule has 0 aliphatic rings. The van der Waals surface area contributed by atoms with Crippen molar-refractivity contribution < 1.29 is 19.0 Å². The summed E-state index contributed by atoms with van der Waals surface area (Å²) in [5.41, 5.74) is 0. The molecule has 4 nitrogen and oxygen atoms in total. The molecule has 0 saturated carbocycles. The summed E-state index contributed by atoms with van der Waals surface area (Å²) >= 11 is 3.32. The fourth-order valence-corrected chi connectivity index (χ4v) is 0.262. The van der Waals surface area contributed by atoms with E-state index < -0.39 is 5.30 Å². The van der Waals surface area contributed by atoms with E-state index in [0.717, 1.165) is 0 Å². The second-order valence-electron chi connectivity index (χ2n) is 1.14. The number of hydrogen-bond donors (Lipinski definition) is 1. The van der Waals surface area contributed by atoms with Crippen LogP contribution >= 0.6 is 12.6 Å². The molecular weight excluding hydrogens is 144 g/mol. The molecule has 0 spiro atoms. The summed E-state index contributed by atoms with van der Waals surface area (Å²) in [6, 6.07) is 0. The monoisotopic (exact) mass is 152 g/mol. The molecule has 0 fully saturated rings. The Labute approximate surface area is 58.5 Å². The fraction of sp³-hybridized carbons (Fsp3) is 0.750. The Kier molecular flexibility index (Phi) is 5.70. The maximum Gasteiger partial charge on any atom is 0.366 e. The largest absolute Gasteiger partial charge is 0.430 e. The van der Waals surface area contributed by atoms with Crippen LogP contribution in [0.5, 0.6) is 0 Å². The molecule has 0 N–H and O–H groups in total. The van der Waals surface area contributed by atoms with Crippen LogP contribution in [0.2, 0.25) is 0 Å². The third-order valence-corrected chi connectivity index (χ3v) is 0.596. The third-order valence-electron chi connectivity index (χ3n) is 0.467. The SMILES string of the molecule is COCOCOC(=O)S. The molecule has 0 heterocycles. The van der Waals surface area contributed by atoms with Gasteiger partial charge < -0.3 is 14.2 Å². The van der Waals surface area contributed by atoms with Gasteiger partial charge in [-0.25, -0.2) is 4.79 Å². The van der Waals surface area contributed by atoms with Gasteiger partial charge in [-0.05, 0) is 0 Å². The zero-order valence-electron chi connectivity index (χ0n) is 4.99. The van der Waals surface area contributed by atoms with Crippen LogP contribution in [-0.4, -0.2) is 26.0 Å². The Morgan fingerprint density at radius 2 is 2.22 bits per heavy atom. The van der Waals surface area contributed by atoms with Gasteiger partial charge in [0, 0.05) is 7.11 Å². The van der Waals surface area contributed by atoms with E-state index in [9.17, 15) is 4.79 Å². The number of carbonyl (C=O) groups excluding carboxylic acids is 1. The molecule has 0 bridgehead atoms. The number of ether oxygens (including phenoxy) is 3. The van der Waals surface area contributed by atoms with E-state index in [1.54, 1.807) is 0 Å². The predicted molar refractivity (Wildman–Crippen MR) is 33.3 cm³/mol. The molecule has 0 aliphatic carbocycles. The molecule has 9 heavy (non-hydrogen) atoms. The second kappa shape index (κ2) is 5.87. The minimum Gasteiger partial charge on any atom is -0.430 e. The smallest absolute Gasteiger partial charge is 0.366 e. The van der Waals surface area contributed by atoms with Crippen molar-refractivity contribution in [2.24, 2.45) is 0 Å². The van der Waals surface area contributed by atoms with Crippen molar-refractivity contribution >= 4 is 17.9 Å². The lowest BCUT2D eigenvalue weighted by atomic mass is 11.3. The quantitative estimate of drug-likeness (QED) is 0.278. The maximum absolute atomic E-state index is 9.93. The third kappa shape index (κ3) is 7.74. The van der Waals surface area contributed by atoms with Gasteiger partial charge >= 0.3 is 5.30 Å². The van der Waals surface area contributed by atoms with Crippen LogP contribution in [-0.2, 0) is 14.2 Å². The van der Waals surface area contributed by atoms with Gasteiger partial charge in [0.15, 0.2) is 6.79 Å². The van der Waals surface area contributed by atoms with Gasteiger partial charge in [0.2, 0.25) is 0 Å². The molecule has 0 aromatic rings. The van der Waals surface area contributed by atoms with E-state index in [2.05, 4.69) is 26.8 Å². The van der Waals surface area contributed by atoms with Crippen LogP contribution in [0.25, 0.3) is 0 Å². The van der Waals surface area contributed by atoms with Gasteiger partial charge in [0.1, 0.15) is 6.79 Å². The Bertz CT molecular complexity index is 84.6. The molecule has 0 radical (unpaired) electrons. The molecule has 54 valence electrons. The highest BCUT2D eigenvalue weighted by atomic mass is 32.1. The average molecular weight is 152 g/mol. The van der Waals surface area contributed by atoms with Crippen molar-refractivity contribution in [3.05, 3.63) is 0 Å². The Hall–Kier alpha value is -0.260. The van der Waals surface area contributed by atoms with Gasteiger partial charge in [-0.3, -0.25) is 0 Å². The number of thiol groups is 1. The maximum atomic E-state index is 9.93. The van der Waals surface area contributed by atoms with Crippen LogP contribution in [0, 0.1) is 0 Å². The highest BCUT2D eigenvalue weighted by Crippen LogP contribution is 1.85. The minimum atomic E-state index is -0.661. The Morgan fingerprint density at radius 3 is 2.67 bits per heavy atom. The zero-order valence-corrected chi connectivity index (χ0v) is 5.89. The van der Waals surface area contributed by atoms with E-state index in [0.29, 0.717) is 0 Å². The predicted octanol–water partition coefficient (Wildman–Crippen LogP) is 0.631. The second-order valence-corrected chi connectivity index (χ2v) is 1.50. The summed E-state index contributed by atoms with van der Waals surface area (Å²) in [7, 11) is 1.47. The van der Waals surface area contributed by atoms with Gasteiger partial charge in [0.25, 0.3) is 0 Å². The van der Waals surface area contributed by atoms with E-state index in [4.69, 9.17) is 0 Å². The van der Waals surface area contributed by atoms with Gasteiger partial charge in [-0.1, -0.05) is 12.6 Å². The first-order valence-corrected chi connectivity index (χ1v) is 2.64. The molecule has 0 aromatic carbocycles. The lowest BCUT2D eigenvalue weighted by molar-refractivity contribution is -0.0920. The molecule has 0 rings (SSSR count). The Balaban J connectivity index is 2.83. The fourth-order valence-electron chi connectivity index (χ4n) is 0.209. The standard InChI is InChI=1S/C4H8O4S/c1-6-2-7-3-8-4(5)9/h2-3H2,1H3,(H,5,9). The number of hydrogen-bond acceptors (Lipinski definition) is 4. The summed E-state index contributed by atoms with van der Waals surface area (Å²) in [5, 5.41) is -0.661. The highest BCUT2D eigenvalue weighted by molar-refractivity contribution is 7.96.